The third-order valence-corrected chi connectivity index (χ3v) is 4.36. The summed E-state index contributed by atoms with van der Waals surface area (Å²) in [5.74, 6) is 0.269. The van der Waals surface area contributed by atoms with Crippen LogP contribution < -0.4 is 5.56 Å². The van der Waals surface area contributed by atoms with Crippen LogP contribution in [0, 0.1) is 0 Å². The lowest BCUT2D eigenvalue weighted by atomic mass is 10.1. The maximum absolute atomic E-state index is 12.8. The highest BCUT2D eigenvalue weighted by Gasteiger charge is 2.30. The van der Waals surface area contributed by atoms with E-state index in [4.69, 9.17) is 0 Å². The molecule has 0 unspecified atom stereocenters. The molecule has 7 heteroatoms. The van der Waals surface area contributed by atoms with Crippen LogP contribution in [0.15, 0.2) is 70.6 Å². The van der Waals surface area contributed by atoms with E-state index in [1.807, 2.05) is 30.3 Å². The zero-order valence-electron chi connectivity index (χ0n) is 12.9. The molecule has 0 amide bonds. The molecule has 0 aliphatic heterocycles. The van der Waals surface area contributed by atoms with Crippen LogP contribution in [0.2, 0.25) is 0 Å². The molecule has 1 heterocycles. The first-order valence-electron chi connectivity index (χ1n) is 7.37. The Morgan fingerprint density at radius 2 is 1.76 bits per heavy atom. The standard InChI is InChI=1S/C18H13F3N2OS/c19-18(20,21)14-8-4-5-12(9-14)11-25-17-22-15(10-16(24)23-17)13-6-2-1-3-7-13/h1-10H,11H2,(H,22,23,24). The van der Waals surface area contributed by atoms with Crippen LogP contribution in [0.25, 0.3) is 11.3 Å². The monoisotopic (exact) mass is 362 g/mol. The van der Waals surface area contributed by atoms with Crippen molar-refractivity contribution in [2.75, 3.05) is 0 Å². The van der Waals surface area contributed by atoms with Crippen molar-refractivity contribution in [1.82, 2.24) is 9.97 Å². The van der Waals surface area contributed by atoms with Crippen molar-refractivity contribution in [3.8, 4) is 11.3 Å². The van der Waals surface area contributed by atoms with E-state index >= 15 is 0 Å². The van der Waals surface area contributed by atoms with Crippen molar-refractivity contribution in [1.29, 1.82) is 0 Å². The molecule has 3 aromatic rings. The van der Waals surface area contributed by atoms with Crippen molar-refractivity contribution in [3.05, 3.63) is 82.1 Å². The Bertz CT molecular complexity index is 923. The van der Waals surface area contributed by atoms with Crippen LogP contribution >= 0.6 is 11.8 Å². The number of alkyl halides is 3. The molecule has 1 aromatic heterocycles. The Morgan fingerprint density at radius 3 is 2.48 bits per heavy atom. The van der Waals surface area contributed by atoms with Gasteiger partial charge in [-0.05, 0) is 11.6 Å². The molecule has 3 rings (SSSR count). The van der Waals surface area contributed by atoms with Gasteiger partial charge in [-0.1, -0.05) is 60.3 Å². The molecule has 128 valence electrons. The number of nitrogens with one attached hydrogen (secondary N) is 1. The first-order valence-corrected chi connectivity index (χ1v) is 8.36. The third-order valence-electron chi connectivity index (χ3n) is 3.42. The molecule has 0 spiro atoms. The fraction of sp³-hybridized carbons (Fsp3) is 0.111. The molecule has 2 aromatic carbocycles. The van der Waals surface area contributed by atoms with Gasteiger partial charge in [-0.25, -0.2) is 4.98 Å². The Labute approximate surface area is 145 Å². The summed E-state index contributed by atoms with van der Waals surface area (Å²) < 4.78 is 38.3. The number of aromatic nitrogens is 2. The highest BCUT2D eigenvalue weighted by molar-refractivity contribution is 7.98. The number of aromatic amines is 1. The summed E-state index contributed by atoms with van der Waals surface area (Å²) >= 11 is 1.18. The zero-order valence-corrected chi connectivity index (χ0v) is 13.7. The second kappa shape index (κ2) is 7.14. The van der Waals surface area contributed by atoms with Crippen LogP contribution in [0.5, 0.6) is 0 Å². The van der Waals surface area contributed by atoms with Gasteiger partial charge in [-0.2, -0.15) is 13.2 Å². The predicted octanol–water partition coefficient (Wildman–Crippen LogP) is 4.75. The van der Waals surface area contributed by atoms with Gasteiger partial charge in [-0.3, -0.25) is 4.79 Å². The lowest BCUT2D eigenvalue weighted by Gasteiger charge is -2.08. The Morgan fingerprint density at radius 1 is 1.00 bits per heavy atom. The first kappa shape index (κ1) is 17.3. The number of nitrogens with zero attached hydrogens (tertiary/aromatic N) is 1. The molecule has 0 saturated heterocycles. The number of H-pyrrole nitrogens is 1. The summed E-state index contributed by atoms with van der Waals surface area (Å²) in [7, 11) is 0. The van der Waals surface area contributed by atoms with Gasteiger partial charge in [-0.15, -0.1) is 0 Å². The molecule has 0 aliphatic rings. The van der Waals surface area contributed by atoms with Crippen molar-refractivity contribution >= 4 is 11.8 Å². The van der Waals surface area contributed by atoms with Crippen LogP contribution in [-0.2, 0) is 11.9 Å². The van der Waals surface area contributed by atoms with Gasteiger partial charge in [0, 0.05) is 17.4 Å². The van der Waals surface area contributed by atoms with Crippen molar-refractivity contribution < 1.29 is 13.2 Å². The molecule has 0 fully saturated rings. The number of hydrogen-bond donors (Lipinski definition) is 1. The molecule has 0 aliphatic carbocycles. The summed E-state index contributed by atoms with van der Waals surface area (Å²) in [6, 6.07) is 15.7. The average Bonchev–Trinajstić information content (AvgIpc) is 2.60. The molecular formula is C18H13F3N2OS. The SMILES string of the molecule is O=c1cc(-c2ccccc2)nc(SCc2cccc(C(F)(F)F)c2)[nH]1. The Balaban J connectivity index is 1.80. The van der Waals surface area contributed by atoms with Gasteiger partial charge in [0.1, 0.15) is 0 Å². The fourth-order valence-electron chi connectivity index (χ4n) is 2.25. The second-order valence-electron chi connectivity index (χ2n) is 5.29. The zero-order chi connectivity index (χ0) is 17.9. The molecular weight excluding hydrogens is 349 g/mol. The minimum atomic E-state index is -4.37. The van der Waals surface area contributed by atoms with Crippen LogP contribution in [0.4, 0.5) is 13.2 Å². The first-order chi connectivity index (χ1) is 11.9. The van der Waals surface area contributed by atoms with E-state index in [0.717, 1.165) is 17.7 Å². The van der Waals surface area contributed by atoms with Crippen LogP contribution in [0.3, 0.4) is 0 Å². The lowest BCUT2D eigenvalue weighted by molar-refractivity contribution is -0.137. The summed E-state index contributed by atoms with van der Waals surface area (Å²) in [6.07, 6.45) is -4.37. The largest absolute Gasteiger partial charge is 0.416 e. The summed E-state index contributed by atoms with van der Waals surface area (Å²) in [6.45, 7) is 0. The van der Waals surface area contributed by atoms with E-state index in [1.54, 1.807) is 6.07 Å². The highest BCUT2D eigenvalue weighted by Crippen LogP contribution is 2.31. The molecule has 1 N–H and O–H groups in total. The average molecular weight is 362 g/mol. The molecule has 0 radical (unpaired) electrons. The summed E-state index contributed by atoms with van der Waals surface area (Å²) in [5.41, 5.74) is 0.837. The van der Waals surface area contributed by atoms with E-state index in [9.17, 15) is 18.0 Å². The summed E-state index contributed by atoms with van der Waals surface area (Å²) in [5, 5.41) is 0.365. The Hall–Kier alpha value is -2.54. The highest BCUT2D eigenvalue weighted by atomic mass is 32.2. The number of hydrogen-bond acceptors (Lipinski definition) is 3. The van der Waals surface area contributed by atoms with E-state index in [2.05, 4.69) is 9.97 Å². The van der Waals surface area contributed by atoms with Crippen molar-refractivity contribution in [2.24, 2.45) is 0 Å². The Kier molecular flexibility index (Phi) is 4.94. The fourth-order valence-corrected chi connectivity index (χ4v) is 3.07. The minimum absolute atomic E-state index is 0.269. The predicted molar refractivity (Wildman–Crippen MR) is 91.3 cm³/mol. The van der Waals surface area contributed by atoms with E-state index in [1.165, 1.54) is 23.9 Å². The molecule has 25 heavy (non-hydrogen) atoms. The molecule has 0 bridgehead atoms. The van der Waals surface area contributed by atoms with E-state index in [-0.39, 0.29) is 11.3 Å². The van der Waals surface area contributed by atoms with Crippen LogP contribution in [-0.4, -0.2) is 9.97 Å². The smallest absolute Gasteiger partial charge is 0.301 e. The summed E-state index contributed by atoms with van der Waals surface area (Å²) in [4.78, 5) is 18.8. The maximum Gasteiger partial charge on any atom is 0.416 e. The van der Waals surface area contributed by atoms with Crippen LogP contribution in [0.1, 0.15) is 11.1 Å². The molecule has 0 atom stereocenters. The van der Waals surface area contributed by atoms with Crippen molar-refractivity contribution in [2.45, 2.75) is 17.1 Å². The second-order valence-corrected chi connectivity index (χ2v) is 6.25. The molecule has 0 saturated carbocycles. The number of benzene rings is 2. The van der Waals surface area contributed by atoms with E-state index < -0.39 is 11.7 Å². The minimum Gasteiger partial charge on any atom is -0.301 e. The van der Waals surface area contributed by atoms with Gasteiger partial charge in [0.2, 0.25) is 0 Å². The number of halogens is 3. The van der Waals surface area contributed by atoms with Crippen molar-refractivity contribution in [3.63, 3.8) is 0 Å². The topological polar surface area (TPSA) is 45.8 Å². The van der Waals surface area contributed by atoms with Gasteiger partial charge >= 0.3 is 6.18 Å². The lowest BCUT2D eigenvalue weighted by Crippen LogP contribution is -2.08. The van der Waals surface area contributed by atoms with E-state index in [0.29, 0.717) is 16.4 Å². The molecule has 3 nitrogen and oxygen atoms in total. The van der Waals surface area contributed by atoms with Gasteiger partial charge in [0.25, 0.3) is 5.56 Å². The quantitative estimate of drug-likeness (QED) is 0.538. The number of rotatable bonds is 4. The normalized spacial score (nSPS) is 11.5. The van der Waals surface area contributed by atoms with Gasteiger partial charge < -0.3 is 4.98 Å². The maximum atomic E-state index is 12.8. The van der Waals surface area contributed by atoms with Gasteiger partial charge in [0.15, 0.2) is 5.16 Å². The van der Waals surface area contributed by atoms with Gasteiger partial charge in [0.05, 0.1) is 11.3 Å². The third kappa shape index (κ3) is 4.51. The number of thioether (sulfide) groups is 1.